The summed E-state index contributed by atoms with van der Waals surface area (Å²) in [6.07, 6.45) is 6.84. The number of halogens is 1. The molecule has 0 spiro atoms. The predicted molar refractivity (Wildman–Crippen MR) is 140 cm³/mol. The quantitative estimate of drug-likeness (QED) is 0.528. The van der Waals surface area contributed by atoms with E-state index in [1.807, 2.05) is 27.8 Å². The second kappa shape index (κ2) is 10.6. The Hall–Kier alpha value is -3.84. The molecule has 1 fully saturated rings. The Kier molecular flexibility index (Phi) is 7.55. The van der Waals surface area contributed by atoms with Crippen LogP contribution in [-0.2, 0) is 12.1 Å². The number of nitrogens with zero attached hydrogens (tertiary/aromatic N) is 6. The molecule has 0 radical (unpaired) electrons. The van der Waals surface area contributed by atoms with Crippen LogP contribution in [0.4, 0.5) is 10.1 Å². The molecule has 1 aromatic carbocycles. The zero-order chi connectivity index (χ0) is 26.7. The molecule has 2 aromatic heterocycles. The predicted octanol–water partition coefficient (Wildman–Crippen LogP) is 3.53. The summed E-state index contributed by atoms with van der Waals surface area (Å²) >= 11 is 0. The van der Waals surface area contributed by atoms with Gasteiger partial charge in [0.1, 0.15) is 11.9 Å². The number of hydrogen-bond donors (Lipinski definition) is 2. The standard InChI is InChI=1S/C27H33FN8O/c1-17-18(13-32-26(37)22-16-36(34-33-22)27(2,3)4)8-9-21(25(17)28)24-19(11-29)12-31-14-23(24)35-10-6-7-20(15-35)30-5/h8-9,12,14,16,20,30H,6-7,10,13,15H2,1-5H3,(H,32,37)/t20-/m1/s1. The van der Waals surface area contributed by atoms with Crippen LogP contribution in [0, 0.1) is 24.1 Å². The van der Waals surface area contributed by atoms with Crippen LogP contribution >= 0.6 is 0 Å². The number of carbonyl (C=O) groups is 1. The number of piperidine rings is 1. The Morgan fingerprint density at radius 1 is 1.30 bits per heavy atom. The highest BCUT2D eigenvalue weighted by Crippen LogP contribution is 2.37. The fourth-order valence-corrected chi connectivity index (χ4v) is 4.56. The number of anilines is 1. The van der Waals surface area contributed by atoms with Crippen LogP contribution < -0.4 is 15.5 Å². The van der Waals surface area contributed by atoms with Gasteiger partial charge in [-0.15, -0.1) is 5.10 Å². The maximum Gasteiger partial charge on any atom is 0.273 e. The van der Waals surface area contributed by atoms with Gasteiger partial charge >= 0.3 is 0 Å². The van der Waals surface area contributed by atoms with E-state index in [4.69, 9.17) is 0 Å². The molecule has 0 unspecified atom stereocenters. The van der Waals surface area contributed by atoms with Gasteiger partial charge in [-0.3, -0.25) is 9.78 Å². The van der Waals surface area contributed by atoms with Crippen molar-refractivity contribution in [3.63, 3.8) is 0 Å². The summed E-state index contributed by atoms with van der Waals surface area (Å²) in [6.45, 7) is 9.28. The highest BCUT2D eigenvalue weighted by atomic mass is 19.1. The topological polar surface area (TPSA) is 112 Å². The number of aromatic nitrogens is 4. The van der Waals surface area contributed by atoms with Gasteiger partial charge < -0.3 is 15.5 Å². The number of nitriles is 1. The molecule has 9 nitrogen and oxygen atoms in total. The lowest BCUT2D eigenvalue weighted by Gasteiger charge is -2.35. The van der Waals surface area contributed by atoms with E-state index < -0.39 is 5.82 Å². The van der Waals surface area contributed by atoms with Gasteiger partial charge in [0.05, 0.1) is 29.2 Å². The third-order valence-electron chi connectivity index (χ3n) is 6.84. The molecule has 0 aliphatic carbocycles. The molecular weight excluding hydrogens is 471 g/mol. The van der Waals surface area contributed by atoms with Gasteiger partial charge in [0.25, 0.3) is 5.91 Å². The van der Waals surface area contributed by atoms with Crippen molar-refractivity contribution in [1.82, 2.24) is 30.6 Å². The number of likely N-dealkylation sites (N-methyl/N-ethyl adjacent to an activating group) is 1. The molecule has 4 rings (SSSR count). The van der Waals surface area contributed by atoms with Gasteiger partial charge in [-0.2, -0.15) is 5.26 Å². The number of carbonyl (C=O) groups excluding carboxylic acids is 1. The third kappa shape index (κ3) is 5.47. The summed E-state index contributed by atoms with van der Waals surface area (Å²) < 4.78 is 17.5. The Labute approximate surface area is 216 Å². The van der Waals surface area contributed by atoms with E-state index in [0.717, 1.165) is 31.6 Å². The molecular formula is C27H33FN8O. The Morgan fingerprint density at radius 2 is 2.08 bits per heavy atom. The van der Waals surface area contributed by atoms with Gasteiger partial charge in [-0.25, -0.2) is 9.07 Å². The first-order valence-electron chi connectivity index (χ1n) is 12.4. The van der Waals surface area contributed by atoms with Crippen molar-refractivity contribution in [1.29, 1.82) is 5.26 Å². The highest BCUT2D eigenvalue weighted by Gasteiger charge is 2.25. The average molecular weight is 505 g/mol. The van der Waals surface area contributed by atoms with Crippen LogP contribution in [0.1, 0.15) is 60.8 Å². The van der Waals surface area contributed by atoms with E-state index in [1.165, 1.54) is 6.20 Å². The summed E-state index contributed by atoms with van der Waals surface area (Å²) in [5, 5.41) is 23.9. The van der Waals surface area contributed by atoms with Crippen LogP contribution in [0.25, 0.3) is 11.1 Å². The molecule has 1 aliphatic heterocycles. The second-order valence-corrected chi connectivity index (χ2v) is 10.4. The fraction of sp³-hybridized carbons (Fsp3) is 0.444. The first-order valence-corrected chi connectivity index (χ1v) is 12.4. The van der Waals surface area contributed by atoms with Crippen molar-refractivity contribution < 1.29 is 9.18 Å². The highest BCUT2D eigenvalue weighted by molar-refractivity contribution is 5.91. The molecule has 3 heterocycles. The molecule has 0 bridgehead atoms. The molecule has 1 aliphatic rings. The number of rotatable bonds is 6. The first kappa shape index (κ1) is 26.2. The van der Waals surface area contributed by atoms with E-state index in [2.05, 4.69) is 36.9 Å². The number of nitrogens with one attached hydrogen (secondary N) is 2. The van der Waals surface area contributed by atoms with Gasteiger partial charge in [0.15, 0.2) is 5.69 Å². The Bertz CT molecular complexity index is 1340. The minimum absolute atomic E-state index is 0.133. The summed E-state index contributed by atoms with van der Waals surface area (Å²) in [5.41, 5.74) is 2.93. The zero-order valence-corrected chi connectivity index (χ0v) is 22.0. The normalized spacial score (nSPS) is 15.9. The smallest absolute Gasteiger partial charge is 0.273 e. The molecule has 10 heteroatoms. The van der Waals surface area contributed by atoms with Gasteiger partial charge in [-0.05, 0) is 58.7 Å². The average Bonchev–Trinajstić information content (AvgIpc) is 3.40. The van der Waals surface area contributed by atoms with E-state index in [9.17, 15) is 10.1 Å². The first-order chi connectivity index (χ1) is 17.6. The summed E-state index contributed by atoms with van der Waals surface area (Å²) in [7, 11) is 1.94. The largest absolute Gasteiger partial charge is 0.368 e. The third-order valence-corrected chi connectivity index (χ3v) is 6.84. The van der Waals surface area contributed by atoms with E-state index in [-0.39, 0.29) is 23.7 Å². The minimum Gasteiger partial charge on any atom is -0.368 e. The summed E-state index contributed by atoms with van der Waals surface area (Å²) in [6, 6.07) is 5.97. The van der Waals surface area contributed by atoms with Crippen LogP contribution in [0.3, 0.4) is 0 Å². The van der Waals surface area contributed by atoms with Crippen LogP contribution in [0.15, 0.2) is 30.7 Å². The van der Waals surface area contributed by atoms with E-state index in [1.54, 1.807) is 36.1 Å². The SMILES string of the molecule is CN[C@@H]1CCCN(c2cncc(C#N)c2-c2ccc(CNC(=O)c3cn(C(C)(C)C)nn3)c(C)c2F)C1. The number of pyridine rings is 1. The Morgan fingerprint density at radius 3 is 2.76 bits per heavy atom. The Balaban J connectivity index is 1.61. The van der Waals surface area contributed by atoms with Crippen LogP contribution in [0.5, 0.6) is 0 Å². The second-order valence-electron chi connectivity index (χ2n) is 10.4. The van der Waals surface area contributed by atoms with Gasteiger partial charge in [-0.1, -0.05) is 17.3 Å². The van der Waals surface area contributed by atoms with Crippen molar-refractivity contribution in [2.24, 2.45) is 0 Å². The van der Waals surface area contributed by atoms with Gasteiger partial charge in [0, 0.05) is 43.0 Å². The molecule has 194 valence electrons. The van der Waals surface area contributed by atoms with Crippen molar-refractivity contribution in [2.75, 3.05) is 25.0 Å². The number of amides is 1. The van der Waals surface area contributed by atoms with E-state index in [0.29, 0.717) is 33.9 Å². The lowest BCUT2D eigenvalue weighted by molar-refractivity contribution is 0.0945. The number of hydrogen-bond acceptors (Lipinski definition) is 7. The summed E-state index contributed by atoms with van der Waals surface area (Å²) in [5.74, 6) is -0.802. The van der Waals surface area contributed by atoms with Crippen LogP contribution in [0.2, 0.25) is 0 Å². The molecule has 37 heavy (non-hydrogen) atoms. The molecule has 1 atom stereocenters. The lowest BCUT2D eigenvalue weighted by Crippen LogP contribution is -2.44. The molecule has 3 aromatic rings. The molecule has 1 amide bonds. The zero-order valence-electron chi connectivity index (χ0n) is 22.0. The van der Waals surface area contributed by atoms with Crippen LogP contribution in [-0.4, -0.2) is 52.1 Å². The van der Waals surface area contributed by atoms with Crippen molar-refractivity contribution in [2.45, 2.75) is 58.7 Å². The monoisotopic (exact) mass is 504 g/mol. The molecule has 0 saturated carbocycles. The van der Waals surface area contributed by atoms with Crippen molar-refractivity contribution in [3.05, 3.63) is 58.9 Å². The van der Waals surface area contributed by atoms with E-state index >= 15 is 4.39 Å². The lowest BCUT2D eigenvalue weighted by atomic mass is 9.94. The fourth-order valence-electron chi connectivity index (χ4n) is 4.56. The maximum absolute atomic E-state index is 15.8. The number of benzene rings is 1. The minimum atomic E-state index is -0.420. The molecule has 2 N–H and O–H groups in total. The van der Waals surface area contributed by atoms with Crippen molar-refractivity contribution >= 4 is 11.6 Å². The molecule has 1 saturated heterocycles. The maximum atomic E-state index is 15.8. The summed E-state index contributed by atoms with van der Waals surface area (Å²) in [4.78, 5) is 19.1. The van der Waals surface area contributed by atoms with Crippen molar-refractivity contribution in [3.8, 4) is 17.2 Å². The van der Waals surface area contributed by atoms with Gasteiger partial charge in [0.2, 0.25) is 0 Å².